The number of amides is 1. The van der Waals surface area contributed by atoms with Gasteiger partial charge in [-0.05, 0) is 36.4 Å². The maximum atomic E-state index is 12.2. The number of para-hydroxylation sites is 1. The summed E-state index contributed by atoms with van der Waals surface area (Å²) in [4.78, 5) is 21.4. The molecule has 2 N–H and O–H groups in total. The molecule has 0 fully saturated rings. The minimum atomic E-state index is -0.0978. The number of fused-ring (bicyclic) bond motifs is 1. The number of thiophene rings is 1. The molecule has 0 saturated heterocycles. The zero-order valence-corrected chi connectivity index (χ0v) is 13.2. The maximum Gasteiger partial charge on any atom is 0.243 e. The number of rotatable bonds is 4. The van der Waals surface area contributed by atoms with Gasteiger partial charge in [0.1, 0.15) is 17.0 Å². The first-order valence-corrected chi connectivity index (χ1v) is 7.81. The molecule has 1 amide bonds. The fourth-order valence-corrected chi connectivity index (χ4v) is 3.02. The average Bonchev–Trinajstić information content (AvgIpc) is 2.98. The normalized spacial score (nSPS) is 10.6. The Morgan fingerprint density at radius 3 is 2.73 bits per heavy atom. The van der Waals surface area contributed by atoms with E-state index in [2.05, 4.69) is 20.6 Å². The molecule has 0 bridgehead atoms. The lowest BCUT2D eigenvalue weighted by Crippen LogP contribution is -2.23. The monoisotopic (exact) mass is 312 g/mol. The van der Waals surface area contributed by atoms with Crippen LogP contribution in [0.3, 0.4) is 0 Å². The largest absolute Gasteiger partial charge is 0.360 e. The van der Waals surface area contributed by atoms with Gasteiger partial charge in [0.15, 0.2) is 0 Å². The number of carbonyl (C=O) groups excluding carboxylic acids is 1. The van der Waals surface area contributed by atoms with Crippen LogP contribution in [-0.2, 0) is 4.79 Å². The van der Waals surface area contributed by atoms with Gasteiger partial charge in [0, 0.05) is 5.69 Å². The van der Waals surface area contributed by atoms with Crippen LogP contribution in [0.4, 0.5) is 11.5 Å². The Bertz CT molecular complexity index is 808. The van der Waals surface area contributed by atoms with Crippen molar-refractivity contribution in [2.24, 2.45) is 0 Å². The number of benzene rings is 1. The molecule has 1 aromatic carbocycles. The van der Waals surface area contributed by atoms with E-state index < -0.39 is 0 Å². The second-order valence-electron chi connectivity index (χ2n) is 5.03. The van der Waals surface area contributed by atoms with Gasteiger partial charge in [-0.25, -0.2) is 9.97 Å². The van der Waals surface area contributed by atoms with Crippen molar-refractivity contribution < 1.29 is 4.79 Å². The van der Waals surface area contributed by atoms with Gasteiger partial charge in [-0.1, -0.05) is 18.2 Å². The molecule has 5 nitrogen and oxygen atoms in total. The molecule has 0 spiro atoms. The molecule has 0 atom stereocenters. The van der Waals surface area contributed by atoms with E-state index in [0.717, 1.165) is 27.0 Å². The number of aromatic nitrogens is 2. The van der Waals surface area contributed by atoms with Crippen LogP contribution in [0.2, 0.25) is 0 Å². The first kappa shape index (κ1) is 14.5. The van der Waals surface area contributed by atoms with Crippen molar-refractivity contribution in [1.82, 2.24) is 9.97 Å². The first-order chi connectivity index (χ1) is 10.6. The highest BCUT2D eigenvalue weighted by Gasteiger charge is 2.09. The highest BCUT2D eigenvalue weighted by Crippen LogP contribution is 2.23. The number of nitrogens with one attached hydrogen (secondary N) is 2. The van der Waals surface area contributed by atoms with E-state index in [1.54, 1.807) is 11.3 Å². The molecular weight excluding hydrogens is 296 g/mol. The van der Waals surface area contributed by atoms with Crippen LogP contribution in [-0.4, -0.2) is 22.4 Å². The Morgan fingerprint density at radius 1 is 1.18 bits per heavy atom. The molecule has 2 heterocycles. The standard InChI is InChI=1S/C16H16N4OS/c1-10-4-3-5-11(2)14(10)20-13(21)8-17-15-12-6-7-22-16(12)19-9-18-15/h3-7,9H,8H2,1-2H3,(H,20,21)(H,17,18,19). The second kappa shape index (κ2) is 6.11. The van der Waals surface area contributed by atoms with Crippen LogP contribution >= 0.6 is 11.3 Å². The third-order valence-corrected chi connectivity index (χ3v) is 4.24. The summed E-state index contributed by atoms with van der Waals surface area (Å²) in [5.41, 5.74) is 2.98. The number of anilines is 2. The van der Waals surface area contributed by atoms with E-state index in [0.29, 0.717) is 5.82 Å². The van der Waals surface area contributed by atoms with Crippen molar-refractivity contribution in [2.75, 3.05) is 17.2 Å². The lowest BCUT2D eigenvalue weighted by atomic mass is 10.1. The van der Waals surface area contributed by atoms with Crippen LogP contribution in [0, 0.1) is 13.8 Å². The van der Waals surface area contributed by atoms with Gasteiger partial charge in [0.25, 0.3) is 0 Å². The highest BCUT2D eigenvalue weighted by atomic mass is 32.1. The van der Waals surface area contributed by atoms with Gasteiger partial charge in [0.2, 0.25) is 5.91 Å². The van der Waals surface area contributed by atoms with Crippen molar-refractivity contribution in [3.05, 3.63) is 47.1 Å². The Labute approximate surface area is 132 Å². The molecule has 3 rings (SSSR count). The fraction of sp³-hybridized carbons (Fsp3) is 0.188. The lowest BCUT2D eigenvalue weighted by Gasteiger charge is -2.12. The number of nitrogens with zero attached hydrogens (tertiary/aromatic N) is 2. The number of hydrogen-bond donors (Lipinski definition) is 2. The van der Waals surface area contributed by atoms with E-state index in [-0.39, 0.29) is 12.5 Å². The van der Waals surface area contributed by atoms with Gasteiger partial charge in [-0.2, -0.15) is 0 Å². The van der Waals surface area contributed by atoms with Gasteiger partial charge in [-0.15, -0.1) is 11.3 Å². The van der Waals surface area contributed by atoms with E-state index in [9.17, 15) is 4.79 Å². The van der Waals surface area contributed by atoms with Gasteiger partial charge < -0.3 is 10.6 Å². The predicted molar refractivity (Wildman–Crippen MR) is 90.5 cm³/mol. The first-order valence-electron chi connectivity index (χ1n) is 6.93. The molecule has 0 aliphatic carbocycles. The zero-order chi connectivity index (χ0) is 15.5. The minimum absolute atomic E-state index is 0.0978. The quantitative estimate of drug-likeness (QED) is 0.775. The number of aryl methyl sites for hydroxylation is 2. The lowest BCUT2D eigenvalue weighted by molar-refractivity contribution is -0.114. The summed E-state index contributed by atoms with van der Waals surface area (Å²) in [7, 11) is 0. The summed E-state index contributed by atoms with van der Waals surface area (Å²) in [6.45, 7) is 4.13. The number of carbonyl (C=O) groups is 1. The molecule has 3 aromatic rings. The van der Waals surface area contributed by atoms with Crippen LogP contribution < -0.4 is 10.6 Å². The third-order valence-electron chi connectivity index (χ3n) is 3.42. The third kappa shape index (κ3) is 2.92. The highest BCUT2D eigenvalue weighted by molar-refractivity contribution is 7.16. The van der Waals surface area contributed by atoms with Crippen LogP contribution in [0.15, 0.2) is 36.0 Å². The zero-order valence-electron chi connectivity index (χ0n) is 12.4. The molecule has 112 valence electrons. The van der Waals surface area contributed by atoms with Gasteiger partial charge in [-0.3, -0.25) is 4.79 Å². The fourth-order valence-electron chi connectivity index (χ4n) is 2.29. The van der Waals surface area contributed by atoms with Crippen LogP contribution in [0.25, 0.3) is 10.2 Å². The van der Waals surface area contributed by atoms with E-state index in [4.69, 9.17) is 0 Å². The van der Waals surface area contributed by atoms with Crippen molar-refractivity contribution in [1.29, 1.82) is 0 Å². The van der Waals surface area contributed by atoms with Gasteiger partial charge in [0.05, 0.1) is 11.9 Å². The minimum Gasteiger partial charge on any atom is -0.360 e. The molecule has 0 saturated carbocycles. The SMILES string of the molecule is Cc1cccc(C)c1NC(=O)CNc1ncnc2sccc12. The molecule has 0 unspecified atom stereocenters. The molecule has 0 radical (unpaired) electrons. The Balaban J connectivity index is 1.69. The smallest absolute Gasteiger partial charge is 0.243 e. The molecular formula is C16H16N4OS. The van der Waals surface area contributed by atoms with Crippen molar-refractivity contribution in [3.63, 3.8) is 0 Å². The van der Waals surface area contributed by atoms with Gasteiger partial charge >= 0.3 is 0 Å². The van der Waals surface area contributed by atoms with Crippen molar-refractivity contribution in [3.8, 4) is 0 Å². The summed E-state index contributed by atoms with van der Waals surface area (Å²) >= 11 is 1.55. The molecule has 22 heavy (non-hydrogen) atoms. The van der Waals surface area contributed by atoms with Crippen molar-refractivity contribution >= 4 is 39.0 Å². The molecule has 2 aromatic heterocycles. The predicted octanol–water partition coefficient (Wildman–Crippen LogP) is 3.36. The Morgan fingerprint density at radius 2 is 1.95 bits per heavy atom. The summed E-state index contributed by atoms with van der Waals surface area (Å²) in [5, 5.41) is 8.92. The molecule has 6 heteroatoms. The molecule has 0 aliphatic rings. The van der Waals surface area contributed by atoms with E-state index >= 15 is 0 Å². The topological polar surface area (TPSA) is 66.9 Å². The Kier molecular flexibility index (Phi) is 4.02. The van der Waals surface area contributed by atoms with Crippen LogP contribution in [0.5, 0.6) is 0 Å². The second-order valence-corrected chi connectivity index (χ2v) is 5.92. The van der Waals surface area contributed by atoms with E-state index in [1.165, 1.54) is 6.33 Å². The average molecular weight is 312 g/mol. The summed E-state index contributed by atoms with van der Waals surface area (Å²) in [5.74, 6) is 0.585. The summed E-state index contributed by atoms with van der Waals surface area (Å²) in [6, 6.07) is 7.89. The summed E-state index contributed by atoms with van der Waals surface area (Å²) < 4.78 is 0. The van der Waals surface area contributed by atoms with E-state index in [1.807, 2.05) is 43.5 Å². The van der Waals surface area contributed by atoms with Crippen molar-refractivity contribution in [2.45, 2.75) is 13.8 Å². The summed E-state index contributed by atoms with van der Waals surface area (Å²) in [6.07, 6.45) is 1.50. The maximum absolute atomic E-state index is 12.2. The number of hydrogen-bond acceptors (Lipinski definition) is 5. The van der Waals surface area contributed by atoms with Crippen LogP contribution in [0.1, 0.15) is 11.1 Å². The molecule has 0 aliphatic heterocycles. The Hall–Kier alpha value is -2.47.